The summed E-state index contributed by atoms with van der Waals surface area (Å²) in [6.07, 6.45) is 4.63. The highest BCUT2D eigenvalue weighted by atomic mass is 16.6. The van der Waals surface area contributed by atoms with Gasteiger partial charge in [0.25, 0.3) is 0 Å². The summed E-state index contributed by atoms with van der Waals surface area (Å²) in [6, 6.07) is 7.50. The van der Waals surface area contributed by atoms with Gasteiger partial charge in [0.05, 0.1) is 12.0 Å². The molecule has 134 valence electrons. The summed E-state index contributed by atoms with van der Waals surface area (Å²) >= 11 is 0. The highest BCUT2D eigenvalue weighted by Gasteiger charge is 2.49. The Morgan fingerprint density at radius 3 is 2.56 bits per heavy atom. The minimum absolute atomic E-state index is 0.0523. The predicted molar refractivity (Wildman–Crippen MR) is 97.2 cm³/mol. The molecular weight excluding hydrogens is 316 g/mol. The van der Waals surface area contributed by atoms with Gasteiger partial charge in [-0.25, -0.2) is 4.79 Å². The van der Waals surface area contributed by atoms with Gasteiger partial charge < -0.3 is 15.4 Å². The molecule has 5 nitrogen and oxygen atoms in total. The van der Waals surface area contributed by atoms with Gasteiger partial charge in [-0.1, -0.05) is 24.3 Å². The van der Waals surface area contributed by atoms with Gasteiger partial charge in [-0.2, -0.15) is 0 Å². The molecule has 0 radical (unpaired) electrons. The summed E-state index contributed by atoms with van der Waals surface area (Å²) in [5, 5.41) is 5.92. The van der Waals surface area contributed by atoms with Crippen molar-refractivity contribution in [3.63, 3.8) is 0 Å². The minimum atomic E-state index is -0.559. The number of carbonyl (C=O) groups is 2. The molecule has 1 aromatic rings. The van der Waals surface area contributed by atoms with Gasteiger partial charge in [0.1, 0.15) is 5.60 Å². The van der Waals surface area contributed by atoms with Crippen molar-refractivity contribution < 1.29 is 14.3 Å². The van der Waals surface area contributed by atoms with E-state index < -0.39 is 11.7 Å². The number of ether oxygens (including phenoxy) is 1. The van der Waals surface area contributed by atoms with E-state index in [1.54, 1.807) is 0 Å². The molecule has 2 aliphatic carbocycles. The monoisotopic (exact) mass is 342 g/mol. The fraction of sp³-hybridized carbons (Fsp3) is 0.500. The van der Waals surface area contributed by atoms with Crippen molar-refractivity contribution in [2.24, 2.45) is 17.8 Å². The van der Waals surface area contributed by atoms with E-state index in [2.05, 4.69) is 22.8 Å². The van der Waals surface area contributed by atoms with Gasteiger partial charge in [-0.15, -0.1) is 0 Å². The molecule has 0 aliphatic heterocycles. The zero-order chi connectivity index (χ0) is 18.2. The quantitative estimate of drug-likeness (QED) is 0.824. The van der Waals surface area contributed by atoms with E-state index in [0.29, 0.717) is 0 Å². The number of allylic oxidation sites excluding steroid dienone is 1. The first-order valence-corrected chi connectivity index (χ1v) is 8.78. The first kappa shape index (κ1) is 17.5. The lowest BCUT2D eigenvalue weighted by Gasteiger charge is -2.29. The largest absolute Gasteiger partial charge is 0.444 e. The number of alkyl carbamates (subject to hydrolysis) is 1. The van der Waals surface area contributed by atoms with Gasteiger partial charge in [0, 0.05) is 5.69 Å². The molecule has 4 atom stereocenters. The average Bonchev–Trinajstić information content (AvgIpc) is 3.06. The van der Waals surface area contributed by atoms with E-state index in [1.807, 2.05) is 52.0 Å². The van der Waals surface area contributed by atoms with Crippen LogP contribution in [0.4, 0.5) is 10.5 Å². The zero-order valence-electron chi connectivity index (χ0n) is 15.2. The average molecular weight is 342 g/mol. The number of rotatable bonds is 3. The summed E-state index contributed by atoms with van der Waals surface area (Å²) in [6.45, 7) is 7.47. The fourth-order valence-electron chi connectivity index (χ4n) is 3.77. The lowest BCUT2D eigenvalue weighted by Crippen LogP contribution is -2.48. The van der Waals surface area contributed by atoms with Crippen molar-refractivity contribution >= 4 is 17.7 Å². The molecule has 0 heterocycles. The summed E-state index contributed by atoms with van der Waals surface area (Å²) < 4.78 is 5.36. The maximum Gasteiger partial charge on any atom is 0.407 e. The minimum Gasteiger partial charge on any atom is -0.444 e. The van der Waals surface area contributed by atoms with Crippen LogP contribution in [0.1, 0.15) is 32.8 Å². The van der Waals surface area contributed by atoms with Gasteiger partial charge in [0.2, 0.25) is 5.91 Å². The van der Waals surface area contributed by atoms with Crippen molar-refractivity contribution in [1.82, 2.24) is 5.32 Å². The molecule has 4 unspecified atom stereocenters. The molecule has 2 bridgehead atoms. The van der Waals surface area contributed by atoms with Crippen LogP contribution in [0.3, 0.4) is 0 Å². The van der Waals surface area contributed by atoms with E-state index in [1.165, 1.54) is 0 Å². The van der Waals surface area contributed by atoms with Crippen LogP contribution < -0.4 is 10.6 Å². The van der Waals surface area contributed by atoms with Crippen LogP contribution in [-0.4, -0.2) is 23.6 Å². The molecule has 2 N–H and O–H groups in total. The summed E-state index contributed by atoms with van der Waals surface area (Å²) in [5.41, 5.74) is 1.32. The van der Waals surface area contributed by atoms with Crippen LogP contribution in [0.25, 0.3) is 0 Å². The second kappa shape index (κ2) is 6.54. The number of fused-ring (bicyclic) bond motifs is 2. The van der Waals surface area contributed by atoms with E-state index in [4.69, 9.17) is 4.74 Å². The smallest absolute Gasteiger partial charge is 0.407 e. The molecule has 1 saturated carbocycles. The van der Waals surface area contributed by atoms with E-state index in [0.717, 1.165) is 17.7 Å². The Kier molecular flexibility index (Phi) is 4.58. The van der Waals surface area contributed by atoms with Crippen molar-refractivity contribution in [2.45, 2.75) is 45.8 Å². The predicted octanol–water partition coefficient (Wildman–Crippen LogP) is 3.65. The Hall–Kier alpha value is -2.30. The number of aryl methyl sites for hydroxylation is 1. The summed E-state index contributed by atoms with van der Waals surface area (Å²) in [7, 11) is 0. The molecule has 1 aromatic carbocycles. The fourth-order valence-corrected chi connectivity index (χ4v) is 3.77. The van der Waals surface area contributed by atoms with Crippen LogP contribution in [0.5, 0.6) is 0 Å². The number of hydrogen-bond acceptors (Lipinski definition) is 3. The molecule has 1 fully saturated rings. The first-order valence-electron chi connectivity index (χ1n) is 8.78. The van der Waals surface area contributed by atoms with Gasteiger partial charge in [0.15, 0.2) is 0 Å². The molecule has 0 aromatic heterocycles. The van der Waals surface area contributed by atoms with Crippen LogP contribution in [0.2, 0.25) is 0 Å². The lowest BCUT2D eigenvalue weighted by molar-refractivity contribution is -0.121. The Morgan fingerprint density at radius 1 is 1.16 bits per heavy atom. The van der Waals surface area contributed by atoms with Crippen LogP contribution in [-0.2, 0) is 9.53 Å². The highest BCUT2D eigenvalue weighted by Crippen LogP contribution is 2.44. The highest BCUT2D eigenvalue weighted by molar-refractivity contribution is 5.94. The third kappa shape index (κ3) is 4.03. The normalized spacial score (nSPS) is 27.2. The number of carbonyl (C=O) groups excluding carboxylic acids is 2. The van der Waals surface area contributed by atoms with E-state index in [9.17, 15) is 9.59 Å². The number of benzene rings is 1. The van der Waals surface area contributed by atoms with Crippen molar-refractivity contribution in [3.8, 4) is 0 Å². The SMILES string of the molecule is Cc1cccc(NC(=O)C2C3C=CC(C3)C2NC(=O)OC(C)(C)C)c1. The van der Waals surface area contributed by atoms with Gasteiger partial charge >= 0.3 is 6.09 Å². The Labute approximate surface area is 148 Å². The molecule has 0 spiro atoms. The van der Waals surface area contributed by atoms with Crippen molar-refractivity contribution in [1.29, 1.82) is 0 Å². The molecule has 25 heavy (non-hydrogen) atoms. The number of anilines is 1. The maximum atomic E-state index is 12.9. The van der Waals surface area contributed by atoms with Crippen LogP contribution >= 0.6 is 0 Å². The van der Waals surface area contributed by atoms with E-state index >= 15 is 0 Å². The van der Waals surface area contributed by atoms with Gasteiger partial charge in [-0.3, -0.25) is 4.79 Å². The van der Waals surface area contributed by atoms with Crippen LogP contribution in [0.15, 0.2) is 36.4 Å². The number of hydrogen-bond donors (Lipinski definition) is 2. The summed E-state index contributed by atoms with van der Waals surface area (Å²) in [5.74, 6) is 0.0204. The second-order valence-corrected chi connectivity index (χ2v) is 8.00. The zero-order valence-corrected chi connectivity index (χ0v) is 15.2. The molecule has 2 amide bonds. The summed E-state index contributed by atoms with van der Waals surface area (Å²) in [4.78, 5) is 25.0. The molecule has 0 saturated heterocycles. The first-order chi connectivity index (χ1) is 11.7. The van der Waals surface area contributed by atoms with Crippen molar-refractivity contribution in [2.75, 3.05) is 5.32 Å². The van der Waals surface area contributed by atoms with Crippen molar-refractivity contribution in [3.05, 3.63) is 42.0 Å². The molecular formula is C20H26N2O3. The van der Waals surface area contributed by atoms with E-state index in [-0.39, 0.29) is 29.7 Å². The Balaban J connectivity index is 1.71. The Bertz CT molecular complexity index is 705. The number of amides is 2. The Morgan fingerprint density at radius 2 is 1.88 bits per heavy atom. The van der Waals surface area contributed by atoms with Crippen LogP contribution in [0, 0.1) is 24.7 Å². The molecule has 2 aliphatic rings. The second-order valence-electron chi connectivity index (χ2n) is 8.00. The standard InChI is InChI=1S/C20H26N2O3/c1-12-6-5-7-15(10-12)21-18(23)16-13-8-9-14(11-13)17(16)22-19(24)25-20(2,3)4/h5-10,13-14,16-17H,11H2,1-4H3,(H,21,23)(H,22,24). The lowest BCUT2D eigenvalue weighted by atomic mass is 9.88. The molecule has 5 heteroatoms. The van der Waals surface area contributed by atoms with Gasteiger partial charge in [-0.05, 0) is 63.6 Å². The molecule has 3 rings (SSSR count). The number of nitrogens with one attached hydrogen (secondary N) is 2. The topological polar surface area (TPSA) is 67.4 Å². The third-order valence-electron chi connectivity index (χ3n) is 4.73. The third-order valence-corrected chi connectivity index (χ3v) is 4.73. The maximum absolute atomic E-state index is 12.9.